The molecule has 0 amide bonds. The highest BCUT2D eigenvalue weighted by Gasteiger charge is 2.19. The fourth-order valence-electron chi connectivity index (χ4n) is 11.3. The molecular weight excluding hydrogens is 973 g/mol. The van der Waals surface area contributed by atoms with Crippen molar-refractivity contribution in [2.24, 2.45) is 0 Å². The number of ether oxygens (including phenoxy) is 3. The van der Waals surface area contributed by atoms with Crippen LogP contribution in [0.4, 0.5) is 0 Å². The number of carbonyl (C=O) groups excluding carboxylic acids is 3. The second-order valence-electron chi connectivity index (χ2n) is 24.9. The zero-order chi connectivity index (χ0) is 57.1. The lowest BCUT2D eigenvalue weighted by atomic mass is 10.0. The molecule has 6 heteroatoms. The van der Waals surface area contributed by atoms with Crippen LogP contribution in [-0.4, -0.2) is 37.2 Å². The van der Waals surface area contributed by atoms with Gasteiger partial charge in [-0.2, -0.15) is 0 Å². The van der Waals surface area contributed by atoms with Crippen molar-refractivity contribution in [2.75, 3.05) is 13.2 Å². The maximum atomic E-state index is 12.9. The summed E-state index contributed by atoms with van der Waals surface area (Å²) in [4.78, 5) is 38.3. The van der Waals surface area contributed by atoms with E-state index in [1.165, 1.54) is 315 Å². The Morgan fingerprint density at radius 2 is 0.430 bits per heavy atom. The van der Waals surface area contributed by atoms with Crippen LogP contribution in [0.15, 0.2) is 12.2 Å². The minimum atomic E-state index is -0.769. The van der Waals surface area contributed by atoms with Gasteiger partial charge in [-0.3, -0.25) is 14.4 Å². The van der Waals surface area contributed by atoms with Crippen LogP contribution in [0.2, 0.25) is 0 Å². The van der Waals surface area contributed by atoms with Crippen LogP contribution in [0.3, 0.4) is 0 Å². The molecule has 0 spiro atoms. The van der Waals surface area contributed by atoms with Gasteiger partial charge in [-0.25, -0.2) is 0 Å². The molecule has 0 saturated heterocycles. The average Bonchev–Trinajstić information content (AvgIpc) is 3.45. The number of esters is 3. The lowest BCUT2D eigenvalue weighted by Crippen LogP contribution is -2.30. The van der Waals surface area contributed by atoms with Crippen LogP contribution in [0, 0.1) is 0 Å². The summed E-state index contributed by atoms with van der Waals surface area (Å²) in [6.07, 6.45) is 82.7. The molecule has 468 valence electrons. The Morgan fingerprint density at radius 3 is 0.671 bits per heavy atom. The van der Waals surface area contributed by atoms with E-state index in [1.54, 1.807) is 0 Å². The first kappa shape index (κ1) is 77.2. The zero-order valence-corrected chi connectivity index (χ0v) is 53.9. The molecule has 0 aliphatic carbocycles. The molecule has 0 fully saturated rings. The Hall–Kier alpha value is -1.85. The highest BCUT2D eigenvalue weighted by molar-refractivity contribution is 5.71. The molecule has 1 unspecified atom stereocenters. The third kappa shape index (κ3) is 66.8. The maximum absolute atomic E-state index is 12.9. The number of rotatable bonds is 68. The summed E-state index contributed by atoms with van der Waals surface area (Å²) in [5, 5.41) is 0. The largest absolute Gasteiger partial charge is 0.462 e. The maximum Gasteiger partial charge on any atom is 0.306 e. The molecule has 1 atom stereocenters. The predicted octanol–water partition coefficient (Wildman–Crippen LogP) is 24.8. The van der Waals surface area contributed by atoms with E-state index < -0.39 is 6.10 Å². The molecule has 0 aliphatic rings. The molecule has 0 aromatic rings. The third-order valence-electron chi connectivity index (χ3n) is 16.8. The van der Waals surface area contributed by atoms with E-state index in [0.29, 0.717) is 19.3 Å². The molecule has 0 heterocycles. The Balaban J connectivity index is 4.05. The van der Waals surface area contributed by atoms with Crippen molar-refractivity contribution in [2.45, 2.75) is 425 Å². The van der Waals surface area contributed by atoms with Crippen molar-refractivity contribution in [3.05, 3.63) is 12.2 Å². The lowest BCUT2D eigenvalue weighted by molar-refractivity contribution is -0.167. The van der Waals surface area contributed by atoms with Gasteiger partial charge in [0, 0.05) is 19.3 Å². The van der Waals surface area contributed by atoms with Gasteiger partial charge in [-0.1, -0.05) is 373 Å². The second kappa shape index (κ2) is 68.6. The summed E-state index contributed by atoms with van der Waals surface area (Å²) in [5.74, 6) is -0.843. The standard InChI is InChI=1S/C73H140O6/c1-4-7-10-13-16-19-22-24-26-28-30-31-32-33-34-35-36-37-38-39-40-41-42-43-45-46-48-51-54-57-60-63-66-72(75)78-69-70(68-77-71(74)65-62-59-56-53-50-21-18-15-12-9-6-3)79-73(76)67-64-61-58-55-52-49-47-44-29-27-25-23-20-17-14-11-8-5-2/h15,18,70H,4-14,16-17,19-69H2,1-3H3/b18-15-. The van der Waals surface area contributed by atoms with Gasteiger partial charge in [0.15, 0.2) is 6.10 Å². The molecule has 6 nitrogen and oxygen atoms in total. The first-order valence-corrected chi connectivity index (χ1v) is 36.2. The zero-order valence-electron chi connectivity index (χ0n) is 53.9. The molecular formula is C73H140O6. The van der Waals surface area contributed by atoms with Crippen LogP contribution in [0.1, 0.15) is 419 Å². The van der Waals surface area contributed by atoms with E-state index in [9.17, 15) is 14.4 Å². The van der Waals surface area contributed by atoms with Crippen molar-refractivity contribution < 1.29 is 28.6 Å². The van der Waals surface area contributed by atoms with E-state index in [0.717, 1.165) is 64.2 Å². The Morgan fingerprint density at radius 1 is 0.241 bits per heavy atom. The quantitative estimate of drug-likeness (QED) is 0.0261. The summed E-state index contributed by atoms with van der Waals surface area (Å²) in [7, 11) is 0. The molecule has 0 bridgehead atoms. The fraction of sp³-hybridized carbons (Fsp3) is 0.932. The Kier molecular flexibility index (Phi) is 67.0. The number of hydrogen-bond donors (Lipinski definition) is 0. The van der Waals surface area contributed by atoms with Gasteiger partial charge in [0.1, 0.15) is 13.2 Å². The second-order valence-corrected chi connectivity index (χ2v) is 24.9. The summed E-state index contributed by atoms with van der Waals surface area (Å²) in [6, 6.07) is 0. The van der Waals surface area contributed by atoms with Crippen molar-refractivity contribution in [1.82, 2.24) is 0 Å². The van der Waals surface area contributed by atoms with Gasteiger partial charge < -0.3 is 14.2 Å². The van der Waals surface area contributed by atoms with Gasteiger partial charge in [0.05, 0.1) is 0 Å². The van der Waals surface area contributed by atoms with E-state index >= 15 is 0 Å². The van der Waals surface area contributed by atoms with Gasteiger partial charge in [-0.05, 0) is 38.5 Å². The monoisotopic (exact) mass is 1110 g/mol. The number of hydrogen-bond acceptors (Lipinski definition) is 6. The number of carbonyl (C=O) groups is 3. The van der Waals surface area contributed by atoms with Gasteiger partial charge >= 0.3 is 17.9 Å². The first-order chi connectivity index (χ1) is 39.0. The topological polar surface area (TPSA) is 78.9 Å². The van der Waals surface area contributed by atoms with Crippen LogP contribution in [0.25, 0.3) is 0 Å². The number of unbranched alkanes of at least 4 members (excludes halogenated alkanes) is 55. The van der Waals surface area contributed by atoms with E-state index in [-0.39, 0.29) is 31.1 Å². The van der Waals surface area contributed by atoms with Crippen LogP contribution >= 0.6 is 0 Å². The molecule has 0 aromatic heterocycles. The van der Waals surface area contributed by atoms with Crippen molar-refractivity contribution >= 4 is 17.9 Å². The summed E-state index contributed by atoms with van der Waals surface area (Å²) in [6.45, 7) is 6.68. The normalized spacial score (nSPS) is 12.0. The molecule has 0 saturated carbocycles. The van der Waals surface area contributed by atoms with Crippen molar-refractivity contribution in [3.63, 3.8) is 0 Å². The highest BCUT2D eigenvalue weighted by Crippen LogP contribution is 2.19. The smallest absolute Gasteiger partial charge is 0.306 e. The van der Waals surface area contributed by atoms with E-state index in [1.807, 2.05) is 0 Å². The minimum Gasteiger partial charge on any atom is -0.462 e. The summed E-state index contributed by atoms with van der Waals surface area (Å²) in [5.41, 5.74) is 0. The van der Waals surface area contributed by atoms with Gasteiger partial charge in [-0.15, -0.1) is 0 Å². The predicted molar refractivity (Wildman–Crippen MR) is 344 cm³/mol. The third-order valence-corrected chi connectivity index (χ3v) is 16.8. The molecule has 0 radical (unpaired) electrons. The molecule has 79 heavy (non-hydrogen) atoms. The Bertz CT molecular complexity index is 1230. The molecule has 0 aliphatic heterocycles. The lowest BCUT2D eigenvalue weighted by Gasteiger charge is -2.18. The average molecular weight is 1110 g/mol. The molecule has 0 aromatic carbocycles. The minimum absolute atomic E-state index is 0.0660. The molecule has 0 N–H and O–H groups in total. The van der Waals surface area contributed by atoms with Crippen LogP contribution in [0.5, 0.6) is 0 Å². The summed E-state index contributed by atoms with van der Waals surface area (Å²) >= 11 is 0. The molecule has 0 rings (SSSR count). The van der Waals surface area contributed by atoms with Crippen LogP contribution in [-0.2, 0) is 28.6 Å². The summed E-state index contributed by atoms with van der Waals surface area (Å²) < 4.78 is 17.0. The number of allylic oxidation sites excluding steroid dienone is 2. The highest BCUT2D eigenvalue weighted by atomic mass is 16.6. The SMILES string of the molecule is CCCC/C=C\CCCCCCCC(=O)OCC(COC(=O)CCCCCCCCCCCCCCCCCCCCCCCCCCCCCCCCCC)OC(=O)CCCCCCCCCCCCCCCCCCCC. The van der Waals surface area contributed by atoms with Crippen LogP contribution < -0.4 is 0 Å². The van der Waals surface area contributed by atoms with E-state index in [4.69, 9.17) is 14.2 Å². The first-order valence-electron chi connectivity index (χ1n) is 36.2. The van der Waals surface area contributed by atoms with Crippen molar-refractivity contribution in [1.29, 1.82) is 0 Å². The van der Waals surface area contributed by atoms with Gasteiger partial charge in [0.2, 0.25) is 0 Å². The van der Waals surface area contributed by atoms with Gasteiger partial charge in [0.25, 0.3) is 0 Å². The van der Waals surface area contributed by atoms with Crippen molar-refractivity contribution in [3.8, 4) is 0 Å². The Labute approximate surface area is 494 Å². The van der Waals surface area contributed by atoms with E-state index in [2.05, 4.69) is 32.9 Å². The fourth-order valence-corrected chi connectivity index (χ4v) is 11.3.